The van der Waals surface area contributed by atoms with Crippen molar-refractivity contribution in [3.05, 3.63) is 96.3 Å². The van der Waals surface area contributed by atoms with Crippen LogP contribution >= 0.6 is 0 Å². The molecule has 1 amide bonds. The van der Waals surface area contributed by atoms with Crippen molar-refractivity contribution < 1.29 is 26.4 Å². The van der Waals surface area contributed by atoms with E-state index in [0.717, 1.165) is 62.0 Å². The first-order valence-electron chi connectivity index (χ1n) is 20.9. The highest BCUT2D eigenvalue weighted by atomic mass is 32.2. The summed E-state index contributed by atoms with van der Waals surface area (Å²) >= 11 is 0. The zero-order valence-electron chi connectivity index (χ0n) is 35.1. The molecule has 0 spiro atoms. The van der Waals surface area contributed by atoms with Crippen molar-refractivity contribution in [3.63, 3.8) is 0 Å². The summed E-state index contributed by atoms with van der Waals surface area (Å²) in [4.78, 5) is 32.7. The molecule has 1 aliphatic rings. The number of carbonyl (C=O) groups excluding carboxylic acids is 1. The van der Waals surface area contributed by atoms with Crippen molar-refractivity contribution >= 4 is 60.1 Å². The van der Waals surface area contributed by atoms with Crippen LogP contribution in [0.2, 0.25) is 0 Å². The van der Waals surface area contributed by atoms with Crippen LogP contribution in [0.5, 0.6) is 6.01 Å². The van der Waals surface area contributed by atoms with Gasteiger partial charge in [-0.05, 0) is 92.7 Å². The molecule has 3 aromatic heterocycles. The minimum Gasteiger partial charge on any atom is -0.460 e. The van der Waals surface area contributed by atoms with Gasteiger partial charge in [-0.25, -0.2) is 26.5 Å². The van der Waals surface area contributed by atoms with E-state index in [9.17, 15) is 21.6 Å². The van der Waals surface area contributed by atoms with E-state index >= 15 is 0 Å². The minimum absolute atomic E-state index is 0.0414. The number of sulfonamides is 2. The Hall–Kier alpha value is -5.76. The summed E-state index contributed by atoms with van der Waals surface area (Å²) in [6, 6.07) is 20.1. The lowest BCUT2D eigenvalue weighted by Crippen LogP contribution is -2.36. The molecule has 7 rings (SSSR count). The van der Waals surface area contributed by atoms with E-state index < -0.39 is 20.0 Å². The van der Waals surface area contributed by atoms with Crippen LogP contribution < -0.4 is 24.8 Å². The number of carbonyl (C=O) groups is 1. The average Bonchev–Trinajstić information content (AvgIpc) is 3.70. The summed E-state index contributed by atoms with van der Waals surface area (Å²) in [5.74, 6) is 0.763. The lowest BCUT2D eigenvalue weighted by atomic mass is 10.1. The van der Waals surface area contributed by atoms with Crippen molar-refractivity contribution in [2.75, 3.05) is 42.0 Å². The average molecular weight is 884 g/mol. The maximum absolute atomic E-state index is 12.9. The van der Waals surface area contributed by atoms with Crippen LogP contribution in [0.25, 0.3) is 16.7 Å². The van der Waals surface area contributed by atoms with Gasteiger partial charge in [0, 0.05) is 43.9 Å². The summed E-state index contributed by atoms with van der Waals surface area (Å²) in [7, 11) is -5.75. The van der Waals surface area contributed by atoms with Crippen LogP contribution in [0.15, 0.2) is 95.0 Å². The van der Waals surface area contributed by atoms with E-state index in [1.807, 2.05) is 36.5 Å². The van der Waals surface area contributed by atoms with E-state index in [1.54, 1.807) is 22.7 Å². The molecule has 0 bridgehead atoms. The summed E-state index contributed by atoms with van der Waals surface area (Å²) in [6.07, 6.45) is 9.23. The molecule has 4 N–H and O–H groups in total. The second-order valence-corrected chi connectivity index (χ2v) is 19.2. The molecule has 3 aromatic carbocycles. The molecule has 0 atom stereocenters. The molecule has 6 aromatic rings. The van der Waals surface area contributed by atoms with Gasteiger partial charge in [0.25, 0.3) is 10.0 Å². The summed E-state index contributed by atoms with van der Waals surface area (Å²) in [5.41, 5.74) is 4.62. The van der Waals surface area contributed by atoms with Crippen LogP contribution in [0.3, 0.4) is 0 Å². The minimum atomic E-state index is -4.03. The Kier molecular flexibility index (Phi) is 14.3. The number of amides is 1. The van der Waals surface area contributed by atoms with Gasteiger partial charge in [-0.3, -0.25) is 14.5 Å². The number of piperidine rings is 1. The van der Waals surface area contributed by atoms with Crippen molar-refractivity contribution in [3.8, 4) is 6.01 Å². The summed E-state index contributed by atoms with van der Waals surface area (Å²) in [6.45, 7) is 6.88. The number of para-hydroxylation sites is 2. The normalized spacial score (nSPS) is 14.1. The molecule has 1 fully saturated rings. The SMILES string of the molecule is CC(C)c1cnn2c(NCc3ccc(NC(=O)CCCCCCCNS(=O)(=O)c4ccc(S(=O)(=O)Nc5cnc6ccccc6n5)cc4)cc3)nc(OC3CCN(C)CC3)nc12. The van der Waals surface area contributed by atoms with Gasteiger partial charge < -0.3 is 20.3 Å². The largest absolute Gasteiger partial charge is 0.460 e. The van der Waals surface area contributed by atoms with Gasteiger partial charge in [-0.15, -0.1) is 0 Å². The number of rotatable bonds is 20. The highest BCUT2D eigenvalue weighted by Crippen LogP contribution is 2.25. The fourth-order valence-electron chi connectivity index (χ4n) is 7.04. The topological polar surface area (TPSA) is 215 Å². The highest BCUT2D eigenvalue weighted by Gasteiger charge is 2.22. The highest BCUT2D eigenvalue weighted by molar-refractivity contribution is 7.92. The number of nitrogens with zero attached hydrogens (tertiary/aromatic N) is 7. The molecule has 19 heteroatoms. The molecule has 1 saturated heterocycles. The number of hydrogen-bond acceptors (Lipinski definition) is 13. The predicted molar refractivity (Wildman–Crippen MR) is 238 cm³/mol. The first-order chi connectivity index (χ1) is 29.8. The fraction of sp³-hybridized carbons (Fsp3) is 0.395. The van der Waals surface area contributed by atoms with Gasteiger partial charge in [0.05, 0.1) is 33.2 Å². The molecular formula is C43H53N11O6S2. The molecule has 62 heavy (non-hydrogen) atoms. The second-order valence-electron chi connectivity index (χ2n) is 15.8. The number of fused-ring (bicyclic) bond motifs is 2. The zero-order valence-corrected chi connectivity index (χ0v) is 36.8. The number of nitrogens with one attached hydrogen (secondary N) is 4. The second kappa shape index (κ2) is 20.0. The lowest BCUT2D eigenvalue weighted by Gasteiger charge is -2.28. The zero-order chi connectivity index (χ0) is 43.7. The Balaban J connectivity index is 0.795. The number of unbranched alkanes of at least 4 members (excludes halogenated alkanes) is 4. The molecule has 1 aliphatic heterocycles. The number of benzene rings is 3. The number of hydrogen-bond donors (Lipinski definition) is 4. The van der Waals surface area contributed by atoms with Crippen molar-refractivity contribution in [2.24, 2.45) is 0 Å². The lowest BCUT2D eigenvalue weighted by molar-refractivity contribution is -0.116. The van der Waals surface area contributed by atoms with Gasteiger partial charge >= 0.3 is 6.01 Å². The third kappa shape index (κ3) is 11.6. The molecule has 17 nitrogen and oxygen atoms in total. The van der Waals surface area contributed by atoms with Crippen LogP contribution in [0.4, 0.5) is 17.5 Å². The molecule has 0 unspecified atom stereocenters. The monoisotopic (exact) mass is 883 g/mol. The summed E-state index contributed by atoms with van der Waals surface area (Å²) in [5, 5.41) is 10.9. The molecule has 0 radical (unpaired) electrons. The molecule has 0 saturated carbocycles. The first kappa shape index (κ1) is 44.3. The molecular weight excluding hydrogens is 831 g/mol. The Labute approximate surface area is 362 Å². The number of aromatic nitrogens is 6. The van der Waals surface area contributed by atoms with Gasteiger partial charge in [-0.2, -0.15) is 19.6 Å². The Morgan fingerprint density at radius 1 is 0.806 bits per heavy atom. The van der Waals surface area contributed by atoms with E-state index in [4.69, 9.17) is 14.7 Å². The maximum atomic E-state index is 12.9. The Morgan fingerprint density at radius 2 is 1.48 bits per heavy atom. The smallest absolute Gasteiger partial charge is 0.322 e. The third-order valence-electron chi connectivity index (χ3n) is 10.6. The van der Waals surface area contributed by atoms with Gasteiger partial charge in [0.2, 0.25) is 21.9 Å². The number of likely N-dealkylation sites (tertiary alicyclic amines) is 1. The number of anilines is 3. The van der Waals surface area contributed by atoms with E-state index in [2.05, 4.69) is 60.9 Å². The van der Waals surface area contributed by atoms with Crippen LogP contribution in [0.1, 0.15) is 82.3 Å². The van der Waals surface area contributed by atoms with E-state index in [-0.39, 0.29) is 40.1 Å². The molecule has 0 aliphatic carbocycles. The van der Waals surface area contributed by atoms with Gasteiger partial charge in [0.1, 0.15) is 6.10 Å². The van der Waals surface area contributed by atoms with Crippen LogP contribution in [0, 0.1) is 0 Å². The Bertz CT molecular complexity index is 2690. The van der Waals surface area contributed by atoms with E-state index in [1.165, 1.54) is 30.5 Å². The first-order valence-corrected chi connectivity index (χ1v) is 23.9. The Morgan fingerprint density at radius 3 is 2.21 bits per heavy atom. The van der Waals surface area contributed by atoms with Crippen molar-refractivity contribution in [1.29, 1.82) is 0 Å². The predicted octanol–water partition coefficient (Wildman–Crippen LogP) is 6.33. The van der Waals surface area contributed by atoms with Crippen molar-refractivity contribution in [1.82, 2.24) is 39.2 Å². The van der Waals surface area contributed by atoms with E-state index in [0.29, 0.717) is 54.5 Å². The maximum Gasteiger partial charge on any atom is 0.322 e. The van der Waals surface area contributed by atoms with Crippen LogP contribution in [-0.4, -0.2) is 90.0 Å². The standard InChI is InChI=1S/C43H53N11O6S2/c1-30(2)36-28-46-54-41(36)50-43(60-33-22-25-53(3)26-23-33)51-42(54)45-27-31-14-16-32(17-15-31)48-40(55)13-7-5-4-6-10-24-47-61(56,57)34-18-20-35(21-19-34)62(58,59)52-39-29-44-37-11-8-9-12-38(37)49-39/h8-9,11-12,14-21,28-30,33,47H,4-7,10,13,22-27H2,1-3H3,(H,48,55)(H,49,52)(H,45,50,51). The third-order valence-corrected chi connectivity index (χ3v) is 13.5. The van der Waals surface area contributed by atoms with Crippen molar-refractivity contribution in [2.45, 2.75) is 93.6 Å². The van der Waals surface area contributed by atoms with Crippen LogP contribution in [-0.2, 0) is 31.4 Å². The summed E-state index contributed by atoms with van der Waals surface area (Å²) < 4.78 is 64.5. The van der Waals surface area contributed by atoms with Gasteiger partial charge in [0.15, 0.2) is 11.5 Å². The molecule has 4 heterocycles. The molecule has 328 valence electrons. The fourth-order valence-corrected chi connectivity index (χ4v) is 9.10. The number of ether oxygens (including phenoxy) is 1. The van der Waals surface area contributed by atoms with Gasteiger partial charge in [-0.1, -0.05) is 57.4 Å². The quantitative estimate of drug-likeness (QED) is 0.0618.